The lowest BCUT2D eigenvalue weighted by Gasteiger charge is -2.38. The summed E-state index contributed by atoms with van der Waals surface area (Å²) in [5.41, 5.74) is 13.5. The lowest BCUT2D eigenvalue weighted by molar-refractivity contribution is -0.384. The fraction of sp³-hybridized carbons (Fsp3) is 0.261. The second-order valence-electron chi connectivity index (χ2n) is 30.7. The molecule has 5 fully saturated rings. The van der Waals surface area contributed by atoms with Crippen molar-refractivity contribution in [3.05, 3.63) is 324 Å². The van der Waals surface area contributed by atoms with E-state index in [2.05, 4.69) is 31.9 Å². The minimum atomic E-state index is -0.808. The van der Waals surface area contributed by atoms with Gasteiger partial charge in [0, 0.05) is 181 Å². The number of pyridine rings is 1. The topological polar surface area (TPSA) is 539 Å². The molecule has 0 spiro atoms. The summed E-state index contributed by atoms with van der Waals surface area (Å²) >= 11 is 6.04. The lowest BCUT2D eigenvalue weighted by atomic mass is 9.90. The molecule has 16 rings (SSSR count). The number of aromatic amines is 1. The largest absolute Gasteiger partial charge is 0.368 e. The fourth-order valence-corrected chi connectivity index (χ4v) is 16.7. The van der Waals surface area contributed by atoms with E-state index in [-0.39, 0.29) is 85.2 Å². The van der Waals surface area contributed by atoms with Crippen LogP contribution < -0.4 is 72.3 Å². The molecule has 688 valence electrons. The number of H-pyrrole nitrogens is 1. The van der Waals surface area contributed by atoms with Crippen molar-refractivity contribution in [1.29, 1.82) is 0 Å². The molecule has 0 saturated carbocycles. The molecule has 0 bridgehead atoms. The highest BCUT2D eigenvalue weighted by molar-refractivity contribution is 6.30. The van der Waals surface area contributed by atoms with Gasteiger partial charge in [-0.3, -0.25) is 105 Å². The zero-order valence-electron chi connectivity index (χ0n) is 70.5. The zero-order chi connectivity index (χ0) is 94.2. The van der Waals surface area contributed by atoms with Crippen LogP contribution in [-0.4, -0.2) is 199 Å². The number of nitrogens with zero attached hydrogens (tertiary/aromatic N) is 15. The molecule has 0 unspecified atom stereocenters. The molecule has 5 saturated heterocycles. The molecule has 5 aliphatic rings. The molecule has 0 aliphatic carbocycles. The molecule has 7 heterocycles. The minimum Gasteiger partial charge on any atom is -0.368 e. The third-order valence-electron chi connectivity index (χ3n) is 23.0. The van der Waals surface area contributed by atoms with Crippen LogP contribution in [0.4, 0.5) is 78.5 Å². The van der Waals surface area contributed by atoms with Crippen LogP contribution in [0.15, 0.2) is 223 Å². The Hall–Kier alpha value is -15.8. The highest BCUT2D eigenvalue weighted by atomic mass is 35.5. The number of halogens is 2. The molecule has 11 N–H and O–H groups in total. The molecule has 2 aromatic heterocycles. The van der Waals surface area contributed by atoms with Crippen molar-refractivity contribution >= 4 is 126 Å². The van der Waals surface area contributed by atoms with Gasteiger partial charge in [0.1, 0.15) is 34.4 Å². The Morgan fingerprint density at radius 3 is 1.33 bits per heavy atom. The number of nitrogens with one attached hydrogen (secondary N) is 6. The number of non-ortho nitro benzene ring substituents is 1. The maximum absolute atomic E-state index is 13.1. The van der Waals surface area contributed by atoms with E-state index in [1.54, 1.807) is 49.7 Å². The van der Waals surface area contributed by atoms with Crippen molar-refractivity contribution in [1.82, 2.24) is 41.9 Å². The Morgan fingerprint density at radius 1 is 0.402 bits per heavy atom. The monoisotopic (exact) mass is 1830 g/mol. The molecule has 5 amide bonds. The Bertz CT molecular complexity index is 6050. The van der Waals surface area contributed by atoms with E-state index in [1.165, 1.54) is 113 Å². The quantitative estimate of drug-likeness (QED) is 0.0181. The molecule has 0 atom stereocenters. The van der Waals surface area contributed by atoms with E-state index in [4.69, 9.17) is 37.6 Å². The number of hydrogen-bond acceptors (Lipinski definition) is 30. The van der Waals surface area contributed by atoms with Gasteiger partial charge in [-0.15, -0.1) is 0 Å². The first-order valence-electron chi connectivity index (χ1n) is 41.5. The van der Waals surface area contributed by atoms with Crippen molar-refractivity contribution in [3.63, 3.8) is 0 Å². The number of aromatic nitrogens is 3. The normalized spacial score (nSPS) is 14.5. The van der Waals surface area contributed by atoms with Crippen LogP contribution in [0.2, 0.25) is 5.02 Å². The summed E-state index contributed by atoms with van der Waals surface area (Å²) in [6, 6.07) is 58.1. The van der Waals surface area contributed by atoms with Crippen molar-refractivity contribution in [2.75, 3.05) is 144 Å². The second-order valence-corrected chi connectivity index (χ2v) is 31.1. The number of nitro groups is 5. The number of piperidine rings is 2. The van der Waals surface area contributed by atoms with Crippen molar-refractivity contribution in [3.8, 4) is 0 Å². The third kappa shape index (κ3) is 23.4. The molecule has 11 aromatic rings. The van der Waals surface area contributed by atoms with Gasteiger partial charge < -0.3 is 44.2 Å². The van der Waals surface area contributed by atoms with Gasteiger partial charge in [-0.05, 0) is 153 Å². The summed E-state index contributed by atoms with van der Waals surface area (Å²) < 4.78 is 14.8. The van der Waals surface area contributed by atoms with Crippen LogP contribution in [0.1, 0.15) is 89.1 Å². The summed E-state index contributed by atoms with van der Waals surface area (Å²) in [5.74, 6) is -2.83. The maximum atomic E-state index is 13.1. The standard InChI is InChI=1S/C19H19N5O5.C19H21N3O4.C17H17ClN4O4.C17H17FN4O4.C16H17N5O4/c25-18(21-27)12-5-6-16(17(11-12)24(28)29)22-9-7-13(8-10-22)23-15-4-2-1-3-14(15)20-19(23)26;23-19(20-24)16-6-7-17(18(13-16)22(25)26)21-10-8-15(9-11-21)12-14-4-2-1-3-5-14;18-12-2-1-3-13(10-12)20-6-8-21(9-7-20)16-5-4-14(22(25)26)11-15(16)17(23)19-24;18-12-4-6-13(7-5-12)20-8-10-21(11-9-20)16-14(17(23)19-24)2-1-3-15(16)22(25)26;22-16(18-23)12-4-3-5-13(21(24)25)15(12)20-10-8-19(9-11-20)14-6-1-2-7-17-14/h1-6,11,13,27H,7-10H2,(H,20,26)(H,21,25);1-7,13,15,24H,8-12H2,(H,20,23);1-5,10-11,24H,6-9H2,(H,19,23);1-7,24H,8-11H2,(H,19,23);1-7,23H,8-11H2,(H,18,22). The first-order chi connectivity index (χ1) is 63.7. The summed E-state index contributed by atoms with van der Waals surface area (Å²) in [6.45, 7) is 9.39. The average molecular weight is 1830 g/mol. The van der Waals surface area contributed by atoms with Gasteiger partial charge in [-0.1, -0.05) is 78.3 Å². The number of fused-ring (bicyclic) bond motifs is 1. The van der Waals surface area contributed by atoms with Crippen LogP contribution in [-0.2, 0) is 6.42 Å². The number of imidazole rings is 1. The van der Waals surface area contributed by atoms with Gasteiger partial charge in [0.05, 0.1) is 58.0 Å². The van der Waals surface area contributed by atoms with Crippen molar-refractivity contribution < 1.29 is 79.0 Å². The molecule has 5 aliphatic heterocycles. The van der Waals surface area contributed by atoms with E-state index >= 15 is 0 Å². The number of anilines is 8. The number of amides is 5. The smallest absolute Gasteiger partial charge is 0.326 e. The third-order valence-corrected chi connectivity index (χ3v) is 23.2. The Kier molecular flexibility index (Phi) is 32.3. The predicted octanol–water partition coefficient (Wildman–Crippen LogP) is 11.7. The number of hydroxylamine groups is 5. The van der Waals surface area contributed by atoms with E-state index < -0.39 is 54.2 Å². The number of rotatable bonds is 21. The average Bonchev–Trinajstić information content (AvgIpc) is 1.53. The maximum Gasteiger partial charge on any atom is 0.326 e. The molecule has 44 heteroatoms. The van der Waals surface area contributed by atoms with Crippen LogP contribution in [0.25, 0.3) is 11.0 Å². The number of carbonyl (C=O) groups excluding carboxylic acids is 5. The van der Waals surface area contributed by atoms with E-state index in [0.717, 1.165) is 66.6 Å². The van der Waals surface area contributed by atoms with Gasteiger partial charge >= 0.3 is 5.69 Å². The van der Waals surface area contributed by atoms with Gasteiger partial charge in [0.15, 0.2) is 0 Å². The fourth-order valence-electron chi connectivity index (χ4n) is 16.5. The van der Waals surface area contributed by atoms with Crippen molar-refractivity contribution in [2.24, 2.45) is 5.92 Å². The number of carbonyl (C=O) groups is 5. The SMILES string of the molecule is O=C(NO)c1cc([N+](=O)[O-])ccc1N1CCN(c2cccc(Cl)c2)CC1.O=C(NO)c1ccc(N2CCC(Cc3ccccc3)CC2)c([N+](=O)[O-])c1.O=C(NO)c1ccc(N2CCC(n3c(=O)[nH]c4ccccc43)CC2)c([N+](=O)[O-])c1.O=C(NO)c1cccc([N+](=O)[O-])c1N1CCN(c2ccc(F)cc2)CC1.O=C(NO)c1cccc([N+](=O)[O-])c1N1CCN(c2ccccn2)CC1. The van der Waals surface area contributed by atoms with Crippen molar-refractivity contribution in [2.45, 2.75) is 38.1 Å². The Morgan fingerprint density at radius 2 is 0.841 bits per heavy atom. The molecule has 42 nitrogen and oxygen atoms in total. The number of benzene rings is 9. The van der Waals surface area contributed by atoms with E-state index in [1.807, 2.05) is 105 Å². The van der Waals surface area contributed by atoms with Crippen LogP contribution >= 0.6 is 11.6 Å². The molecular formula is C88H91ClFN21O21. The highest BCUT2D eigenvalue weighted by Gasteiger charge is 2.35. The van der Waals surface area contributed by atoms with Gasteiger partial charge in [-0.25, -0.2) is 41.6 Å². The highest BCUT2D eigenvalue weighted by Crippen LogP contribution is 2.40. The summed E-state index contributed by atoms with van der Waals surface area (Å²) in [6.07, 6.45) is 5.96. The number of para-hydroxylation sites is 4. The number of hydrogen-bond donors (Lipinski definition) is 11. The van der Waals surface area contributed by atoms with E-state index in [9.17, 15) is 83.7 Å². The second kappa shape index (κ2) is 44.7. The minimum absolute atomic E-state index is 0.00295. The number of nitro benzene ring substituents is 5. The zero-order valence-corrected chi connectivity index (χ0v) is 71.3. The summed E-state index contributed by atoms with van der Waals surface area (Å²) in [4.78, 5) is 148. The molecule has 9 aromatic carbocycles. The first kappa shape index (κ1) is 95.3. The van der Waals surface area contributed by atoms with Crippen LogP contribution in [0, 0.1) is 62.3 Å². The van der Waals surface area contributed by atoms with Crippen LogP contribution in [0.3, 0.4) is 0 Å². The first-order valence-corrected chi connectivity index (χ1v) is 41.8. The summed E-state index contributed by atoms with van der Waals surface area (Å²) in [7, 11) is 0. The number of piperazine rings is 3. The van der Waals surface area contributed by atoms with Gasteiger partial charge in [0.25, 0.3) is 58.0 Å². The van der Waals surface area contributed by atoms with E-state index in [0.29, 0.717) is 132 Å². The predicted molar refractivity (Wildman–Crippen MR) is 485 cm³/mol. The molecular weight excluding hydrogens is 1740 g/mol. The lowest BCUT2D eigenvalue weighted by Crippen LogP contribution is -2.47. The Balaban J connectivity index is 0.000000149. The molecule has 0 radical (unpaired) electrons. The van der Waals surface area contributed by atoms with Crippen LogP contribution in [0.5, 0.6) is 0 Å². The Labute approximate surface area is 755 Å². The molecule has 132 heavy (non-hydrogen) atoms. The summed E-state index contributed by atoms with van der Waals surface area (Å²) in [5, 5.41) is 102. The van der Waals surface area contributed by atoms with Gasteiger partial charge in [0.2, 0.25) is 0 Å². The van der Waals surface area contributed by atoms with Gasteiger partial charge in [-0.2, -0.15) is 0 Å².